The van der Waals surface area contributed by atoms with Crippen molar-refractivity contribution >= 4 is 16.6 Å². The topological polar surface area (TPSA) is 81.6 Å². The van der Waals surface area contributed by atoms with Crippen molar-refractivity contribution in [1.82, 2.24) is 24.5 Å². The minimum atomic E-state index is -4.42. The molecule has 4 aromatic rings. The molecule has 2 N–H and O–H groups in total. The minimum absolute atomic E-state index is 0.0270. The SMILES string of the molecule is NC1C2CN(C(c3ccc4nnc(-c5ccc6cccc(OCC7CC7)c6n5)n4c3)C(F)(F)F)C[C@H]12. The second kappa shape index (κ2) is 7.88. The summed E-state index contributed by atoms with van der Waals surface area (Å²) >= 11 is 0. The number of likely N-dealkylation sites (tertiary alicyclic amines) is 1. The van der Waals surface area contributed by atoms with Gasteiger partial charge in [0.25, 0.3) is 0 Å². The summed E-state index contributed by atoms with van der Waals surface area (Å²) in [5.74, 6) is 1.99. The van der Waals surface area contributed by atoms with Crippen LogP contribution in [0.15, 0.2) is 48.7 Å². The number of nitrogens with two attached hydrogens (primary N) is 1. The van der Waals surface area contributed by atoms with Gasteiger partial charge in [-0.15, -0.1) is 10.2 Å². The van der Waals surface area contributed by atoms with Crippen LogP contribution in [-0.4, -0.2) is 56.4 Å². The first-order valence-electron chi connectivity index (χ1n) is 12.3. The molecule has 10 heteroatoms. The number of halogens is 3. The summed E-state index contributed by atoms with van der Waals surface area (Å²) in [4.78, 5) is 6.30. The van der Waals surface area contributed by atoms with Crippen molar-refractivity contribution in [2.24, 2.45) is 23.5 Å². The fourth-order valence-corrected chi connectivity index (χ4v) is 5.52. The molecule has 2 saturated carbocycles. The van der Waals surface area contributed by atoms with Gasteiger partial charge in [-0.3, -0.25) is 9.30 Å². The third-order valence-corrected chi connectivity index (χ3v) is 7.79. The maximum atomic E-state index is 14.3. The quantitative estimate of drug-likeness (QED) is 0.432. The van der Waals surface area contributed by atoms with Gasteiger partial charge in [-0.2, -0.15) is 13.2 Å². The Kier molecular flexibility index (Phi) is 4.81. The van der Waals surface area contributed by atoms with E-state index in [0.29, 0.717) is 54.0 Å². The molecule has 1 aromatic carbocycles. The molecule has 4 heterocycles. The highest BCUT2D eigenvalue weighted by atomic mass is 19.4. The van der Waals surface area contributed by atoms with Crippen molar-refractivity contribution in [3.63, 3.8) is 0 Å². The highest BCUT2D eigenvalue weighted by molar-refractivity contribution is 5.86. The normalized spacial score (nSPS) is 24.8. The zero-order valence-corrected chi connectivity index (χ0v) is 19.4. The van der Waals surface area contributed by atoms with Gasteiger partial charge in [0.05, 0.1) is 6.61 Å². The van der Waals surface area contributed by atoms with Crippen molar-refractivity contribution < 1.29 is 17.9 Å². The van der Waals surface area contributed by atoms with Crippen molar-refractivity contribution in [2.75, 3.05) is 19.7 Å². The molecule has 7 nitrogen and oxygen atoms in total. The Morgan fingerprint density at radius 1 is 1.03 bits per heavy atom. The van der Waals surface area contributed by atoms with E-state index in [1.165, 1.54) is 30.0 Å². The monoisotopic (exact) mass is 494 g/mol. The molecule has 1 saturated heterocycles. The number of ether oxygens (including phenoxy) is 1. The Bertz CT molecular complexity index is 1450. The molecule has 0 radical (unpaired) electrons. The Hall–Kier alpha value is -3.24. The van der Waals surface area contributed by atoms with Crippen LogP contribution in [0, 0.1) is 17.8 Å². The lowest BCUT2D eigenvalue weighted by Crippen LogP contribution is -2.40. The fourth-order valence-electron chi connectivity index (χ4n) is 5.52. The molecule has 1 aliphatic heterocycles. The molecule has 3 aliphatic rings. The van der Waals surface area contributed by atoms with Crippen molar-refractivity contribution in [1.29, 1.82) is 0 Å². The van der Waals surface area contributed by atoms with Gasteiger partial charge in [0.15, 0.2) is 11.5 Å². The smallest absolute Gasteiger partial charge is 0.408 e. The van der Waals surface area contributed by atoms with Gasteiger partial charge in [0.1, 0.15) is 23.0 Å². The van der Waals surface area contributed by atoms with Crippen LogP contribution in [0.1, 0.15) is 24.4 Å². The minimum Gasteiger partial charge on any atom is -0.491 e. The summed E-state index contributed by atoms with van der Waals surface area (Å²) < 4.78 is 50.4. The third-order valence-electron chi connectivity index (χ3n) is 7.79. The predicted molar refractivity (Wildman–Crippen MR) is 127 cm³/mol. The Labute approximate surface area is 205 Å². The van der Waals surface area contributed by atoms with E-state index in [4.69, 9.17) is 15.5 Å². The second-order valence-electron chi connectivity index (χ2n) is 10.3. The maximum Gasteiger partial charge on any atom is 0.408 e. The van der Waals surface area contributed by atoms with Gasteiger partial charge in [-0.05, 0) is 54.4 Å². The number of nitrogens with zero attached hydrogens (tertiary/aromatic N) is 5. The first-order chi connectivity index (χ1) is 17.4. The first-order valence-corrected chi connectivity index (χ1v) is 12.3. The Balaban J connectivity index is 1.27. The number of fused-ring (bicyclic) bond motifs is 3. The largest absolute Gasteiger partial charge is 0.491 e. The summed E-state index contributed by atoms with van der Waals surface area (Å²) in [6.07, 6.45) is -0.560. The fraction of sp³-hybridized carbons (Fsp3) is 0.423. The lowest BCUT2D eigenvalue weighted by atomic mass is 10.1. The van der Waals surface area contributed by atoms with Crippen LogP contribution in [0.3, 0.4) is 0 Å². The van der Waals surface area contributed by atoms with E-state index in [9.17, 15) is 13.2 Å². The Morgan fingerprint density at radius 2 is 1.83 bits per heavy atom. The molecule has 0 bridgehead atoms. The molecule has 4 atom stereocenters. The number of pyridine rings is 2. The van der Waals surface area contributed by atoms with Crippen LogP contribution >= 0.6 is 0 Å². The lowest BCUT2D eigenvalue weighted by molar-refractivity contribution is -0.185. The summed E-state index contributed by atoms with van der Waals surface area (Å²) in [5, 5.41) is 9.38. The molecule has 3 fully saturated rings. The number of alkyl halides is 3. The van der Waals surface area contributed by atoms with E-state index in [-0.39, 0.29) is 23.4 Å². The average molecular weight is 495 g/mol. The summed E-state index contributed by atoms with van der Waals surface area (Å²) in [6.45, 7) is 1.38. The maximum absolute atomic E-state index is 14.3. The van der Waals surface area contributed by atoms with Crippen molar-refractivity contribution in [3.05, 3.63) is 54.2 Å². The number of benzene rings is 1. The Morgan fingerprint density at radius 3 is 2.58 bits per heavy atom. The van der Waals surface area contributed by atoms with Crippen LogP contribution in [0.5, 0.6) is 5.75 Å². The number of aromatic nitrogens is 4. The predicted octanol–water partition coefficient (Wildman–Crippen LogP) is 4.23. The van der Waals surface area contributed by atoms with Gasteiger partial charge in [0, 0.05) is 30.7 Å². The molecule has 0 spiro atoms. The zero-order chi connectivity index (χ0) is 24.6. The van der Waals surface area contributed by atoms with Gasteiger partial charge in [-0.25, -0.2) is 4.98 Å². The summed E-state index contributed by atoms with van der Waals surface area (Å²) in [6, 6.07) is 10.9. The van der Waals surface area contributed by atoms with E-state index < -0.39 is 12.2 Å². The highest BCUT2D eigenvalue weighted by Crippen LogP contribution is 2.49. The molecule has 0 amide bonds. The average Bonchev–Trinajstić information content (AvgIpc) is 3.67. The molecule has 36 heavy (non-hydrogen) atoms. The van der Waals surface area contributed by atoms with E-state index >= 15 is 0 Å². The van der Waals surface area contributed by atoms with Gasteiger partial charge in [-0.1, -0.05) is 24.3 Å². The summed E-state index contributed by atoms with van der Waals surface area (Å²) in [5.41, 5.74) is 7.80. The van der Waals surface area contributed by atoms with Crippen molar-refractivity contribution in [3.8, 4) is 17.3 Å². The van der Waals surface area contributed by atoms with E-state index in [1.807, 2.05) is 30.3 Å². The lowest BCUT2D eigenvalue weighted by Gasteiger charge is -2.31. The van der Waals surface area contributed by atoms with Crippen LogP contribution < -0.4 is 10.5 Å². The number of para-hydroxylation sites is 1. The molecule has 7 rings (SSSR count). The van der Waals surface area contributed by atoms with E-state index in [2.05, 4.69) is 10.2 Å². The molecule has 186 valence electrons. The molecule has 3 aromatic heterocycles. The van der Waals surface area contributed by atoms with E-state index in [0.717, 1.165) is 5.39 Å². The number of hydrogen-bond acceptors (Lipinski definition) is 6. The first kappa shape index (κ1) is 22.0. The highest BCUT2D eigenvalue weighted by Gasteiger charge is 2.58. The van der Waals surface area contributed by atoms with Crippen LogP contribution in [0.2, 0.25) is 0 Å². The standard InChI is InChI=1S/C26H25F3N6O/c27-26(28,29)24(34-11-17-18(12-34)22(17)30)16-7-9-21-32-33-25(35(21)10-16)19-8-6-15-2-1-3-20(23(15)31-19)36-13-14-4-5-14/h1-3,6-10,14,17-18,22,24H,4-5,11-13,30H2/t17-,18?,22?,24?/m0/s1. The number of rotatable bonds is 6. The van der Waals surface area contributed by atoms with Gasteiger partial charge in [0.2, 0.25) is 0 Å². The van der Waals surface area contributed by atoms with Crippen LogP contribution in [-0.2, 0) is 0 Å². The molecule has 2 aliphatic carbocycles. The summed E-state index contributed by atoms with van der Waals surface area (Å²) in [7, 11) is 0. The molecule has 3 unspecified atom stereocenters. The van der Waals surface area contributed by atoms with E-state index in [1.54, 1.807) is 10.5 Å². The van der Waals surface area contributed by atoms with Gasteiger partial charge < -0.3 is 10.5 Å². The van der Waals surface area contributed by atoms with Crippen LogP contribution in [0.4, 0.5) is 13.2 Å². The van der Waals surface area contributed by atoms with Crippen LogP contribution in [0.25, 0.3) is 28.1 Å². The number of hydrogen-bond donors (Lipinski definition) is 1. The van der Waals surface area contributed by atoms with Crippen molar-refractivity contribution in [2.45, 2.75) is 31.1 Å². The zero-order valence-electron chi connectivity index (χ0n) is 19.4. The second-order valence-corrected chi connectivity index (χ2v) is 10.3. The molecular weight excluding hydrogens is 469 g/mol. The third kappa shape index (κ3) is 3.70. The number of piperidine rings is 1. The van der Waals surface area contributed by atoms with Gasteiger partial charge >= 0.3 is 6.18 Å². The molecular formula is C26H25F3N6O.